The first-order valence-electron chi connectivity index (χ1n) is 9.11. The summed E-state index contributed by atoms with van der Waals surface area (Å²) in [7, 11) is 1.88. The maximum Gasteiger partial charge on any atom is 0.197 e. The van der Waals surface area contributed by atoms with E-state index in [1.807, 2.05) is 11.9 Å². The van der Waals surface area contributed by atoms with Crippen molar-refractivity contribution in [2.24, 2.45) is 0 Å². The predicted molar refractivity (Wildman–Crippen MR) is 119 cm³/mol. The first kappa shape index (κ1) is 22.7. The Hall–Kier alpha value is -1.96. The molecule has 0 unspecified atom stereocenters. The van der Waals surface area contributed by atoms with Crippen LogP contribution >= 0.6 is 35.6 Å². The van der Waals surface area contributed by atoms with Crippen LogP contribution in [0.15, 0.2) is 39.5 Å². The minimum atomic E-state index is -0.460. The summed E-state index contributed by atoms with van der Waals surface area (Å²) in [6.45, 7) is 0.598. The zero-order chi connectivity index (χ0) is 20.9. The Bertz CT molecular complexity index is 1160. The van der Waals surface area contributed by atoms with E-state index >= 15 is 0 Å². The number of aliphatic hydroxyl groups excluding tert-OH is 1. The molecule has 9 heteroatoms. The third-order valence-electron chi connectivity index (χ3n) is 5.58. The van der Waals surface area contributed by atoms with Gasteiger partial charge in [-0.1, -0.05) is 23.2 Å². The molecule has 1 aliphatic heterocycles. The molecular formula is C21H20Cl3NO5. The molecule has 0 amide bonds. The average Bonchev–Trinajstić information content (AvgIpc) is 3.01. The standard InChI is InChI=1S/C21H19Cl2NO5.ClH/c1-24-5-4-12(14(24)9-25)19-15(26)7-16(27)20-17(28)8-18(29-21(19)20)11-3-2-10(22)6-13(11)23;/h2-3,6-8,12,14,25-27H,4-5,9H2,1H3;1H/t12-,14+;/m1./s1. The summed E-state index contributed by atoms with van der Waals surface area (Å²) in [6.07, 6.45) is 0.658. The second kappa shape index (κ2) is 8.65. The van der Waals surface area contributed by atoms with E-state index in [-0.39, 0.29) is 59.2 Å². The number of hydrogen-bond acceptors (Lipinski definition) is 6. The highest BCUT2D eigenvalue weighted by molar-refractivity contribution is 6.36. The Kier molecular flexibility index (Phi) is 6.55. The summed E-state index contributed by atoms with van der Waals surface area (Å²) in [5.74, 6) is -0.624. The molecule has 2 atom stereocenters. The molecule has 0 bridgehead atoms. The number of aromatic hydroxyl groups is 2. The van der Waals surface area contributed by atoms with Crippen LogP contribution in [0.1, 0.15) is 17.9 Å². The molecule has 3 N–H and O–H groups in total. The molecule has 4 rings (SSSR count). The molecule has 0 radical (unpaired) electrons. The summed E-state index contributed by atoms with van der Waals surface area (Å²) < 4.78 is 6.03. The summed E-state index contributed by atoms with van der Waals surface area (Å²) >= 11 is 12.2. The third kappa shape index (κ3) is 3.74. The molecule has 1 fully saturated rings. The van der Waals surface area contributed by atoms with Crippen LogP contribution in [0.2, 0.25) is 10.0 Å². The summed E-state index contributed by atoms with van der Waals surface area (Å²) in [4.78, 5) is 14.8. The maximum absolute atomic E-state index is 12.8. The van der Waals surface area contributed by atoms with E-state index in [2.05, 4.69) is 0 Å². The number of halogens is 3. The monoisotopic (exact) mass is 471 g/mol. The zero-order valence-corrected chi connectivity index (χ0v) is 18.3. The molecule has 0 saturated carbocycles. The number of phenols is 2. The van der Waals surface area contributed by atoms with Crippen LogP contribution in [0.5, 0.6) is 11.5 Å². The van der Waals surface area contributed by atoms with Gasteiger partial charge in [0.05, 0.1) is 11.6 Å². The van der Waals surface area contributed by atoms with E-state index in [0.29, 0.717) is 34.1 Å². The Morgan fingerprint density at radius 2 is 1.90 bits per heavy atom. The lowest BCUT2D eigenvalue weighted by Crippen LogP contribution is -2.32. The van der Waals surface area contributed by atoms with Gasteiger partial charge in [-0.15, -0.1) is 12.4 Å². The molecule has 160 valence electrons. The molecule has 2 aromatic carbocycles. The van der Waals surface area contributed by atoms with Crippen LogP contribution in [0.4, 0.5) is 0 Å². The molecule has 1 saturated heterocycles. The van der Waals surface area contributed by atoms with Gasteiger partial charge in [0.2, 0.25) is 0 Å². The van der Waals surface area contributed by atoms with Crippen LogP contribution in [0.3, 0.4) is 0 Å². The highest BCUT2D eigenvalue weighted by Crippen LogP contribution is 2.44. The number of hydrogen-bond donors (Lipinski definition) is 3. The smallest absolute Gasteiger partial charge is 0.197 e. The van der Waals surface area contributed by atoms with Crippen molar-refractivity contribution in [1.29, 1.82) is 0 Å². The fraction of sp³-hybridized carbons (Fsp3) is 0.286. The largest absolute Gasteiger partial charge is 0.507 e. The van der Waals surface area contributed by atoms with Crippen LogP contribution in [0, 0.1) is 0 Å². The summed E-state index contributed by atoms with van der Waals surface area (Å²) in [6, 6.07) is 6.95. The first-order valence-corrected chi connectivity index (χ1v) is 9.86. The SMILES string of the molecule is CN1CC[C@@H](c2c(O)cc(O)c3c(=O)cc(-c4ccc(Cl)cc4Cl)oc23)[C@@H]1CO.Cl. The lowest BCUT2D eigenvalue weighted by Gasteiger charge is -2.24. The van der Waals surface area contributed by atoms with E-state index in [9.17, 15) is 20.1 Å². The van der Waals surface area contributed by atoms with Gasteiger partial charge in [-0.3, -0.25) is 4.79 Å². The Balaban J connectivity index is 0.00000256. The summed E-state index contributed by atoms with van der Waals surface area (Å²) in [5, 5.41) is 31.5. The highest BCUT2D eigenvalue weighted by atomic mass is 35.5. The number of benzene rings is 2. The third-order valence-corrected chi connectivity index (χ3v) is 6.12. The normalized spacial score (nSPS) is 19.2. The number of phenolic OH excluding ortho intramolecular Hbond substituents is 2. The van der Waals surface area contributed by atoms with Crippen molar-refractivity contribution >= 4 is 46.6 Å². The molecule has 6 nitrogen and oxygen atoms in total. The number of nitrogens with zero attached hydrogens (tertiary/aromatic N) is 1. The predicted octanol–water partition coefficient (Wildman–Crippen LogP) is 4.38. The number of aliphatic hydroxyl groups is 1. The molecular weight excluding hydrogens is 453 g/mol. The molecule has 2 heterocycles. The van der Waals surface area contributed by atoms with Crippen LogP contribution in [-0.4, -0.2) is 46.5 Å². The van der Waals surface area contributed by atoms with E-state index in [1.165, 1.54) is 12.1 Å². The van der Waals surface area contributed by atoms with Crippen molar-refractivity contribution in [3.63, 3.8) is 0 Å². The Morgan fingerprint density at radius 1 is 1.17 bits per heavy atom. The van der Waals surface area contributed by atoms with Crippen LogP contribution in [0.25, 0.3) is 22.3 Å². The lowest BCUT2D eigenvalue weighted by atomic mass is 9.89. The fourth-order valence-corrected chi connectivity index (χ4v) is 4.61. The number of likely N-dealkylation sites (N-methyl/N-ethyl adjacent to an activating group) is 1. The maximum atomic E-state index is 12.8. The van der Waals surface area contributed by atoms with Crippen molar-refractivity contribution in [2.45, 2.75) is 18.4 Å². The number of rotatable bonds is 3. The van der Waals surface area contributed by atoms with Gasteiger partial charge in [-0.05, 0) is 38.2 Å². The number of fused-ring (bicyclic) bond motifs is 1. The van der Waals surface area contributed by atoms with Crippen molar-refractivity contribution in [2.75, 3.05) is 20.2 Å². The minimum Gasteiger partial charge on any atom is -0.507 e. The lowest BCUT2D eigenvalue weighted by molar-refractivity contribution is 0.172. The molecule has 1 aromatic heterocycles. The average molecular weight is 473 g/mol. The Morgan fingerprint density at radius 3 is 2.57 bits per heavy atom. The van der Waals surface area contributed by atoms with Gasteiger partial charge in [-0.2, -0.15) is 0 Å². The zero-order valence-electron chi connectivity index (χ0n) is 15.9. The molecule has 0 aliphatic carbocycles. The molecule has 1 aliphatic rings. The van der Waals surface area contributed by atoms with Gasteiger partial charge >= 0.3 is 0 Å². The molecule has 30 heavy (non-hydrogen) atoms. The van der Waals surface area contributed by atoms with Crippen molar-refractivity contribution in [3.8, 4) is 22.8 Å². The van der Waals surface area contributed by atoms with Gasteiger partial charge < -0.3 is 24.6 Å². The van der Waals surface area contributed by atoms with Crippen LogP contribution < -0.4 is 5.43 Å². The van der Waals surface area contributed by atoms with Crippen molar-refractivity contribution < 1.29 is 19.7 Å². The minimum absolute atomic E-state index is 0. The second-order valence-corrected chi connectivity index (χ2v) is 8.10. The fourth-order valence-electron chi connectivity index (χ4n) is 4.11. The van der Waals surface area contributed by atoms with Crippen molar-refractivity contribution in [1.82, 2.24) is 4.90 Å². The van der Waals surface area contributed by atoms with E-state index in [1.54, 1.807) is 12.1 Å². The summed E-state index contributed by atoms with van der Waals surface area (Å²) in [5.41, 5.74) is 0.490. The number of likely N-dealkylation sites (tertiary alicyclic amines) is 1. The Labute approximate surface area is 188 Å². The van der Waals surface area contributed by atoms with Gasteiger partial charge in [0.1, 0.15) is 28.2 Å². The topological polar surface area (TPSA) is 94.1 Å². The van der Waals surface area contributed by atoms with E-state index in [0.717, 1.165) is 6.07 Å². The van der Waals surface area contributed by atoms with Gasteiger partial charge in [0.25, 0.3) is 0 Å². The van der Waals surface area contributed by atoms with E-state index < -0.39 is 5.43 Å². The van der Waals surface area contributed by atoms with Crippen LogP contribution in [-0.2, 0) is 0 Å². The quantitative estimate of drug-likeness (QED) is 0.524. The molecule has 3 aromatic rings. The van der Waals surface area contributed by atoms with Gasteiger partial charge in [-0.25, -0.2) is 0 Å². The first-order chi connectivity index (χ1) is 13.8. The molecule has 0 spiro atoms. The van der Waals surface area contributed by atoms with Crippen molar-refractivity contribution in [3.05, 3.63) is 56.2 Å². The van der Waals surface area contributed by atoms with Gasteiger partial charge in [0.15, 0.2) is 5.43 Å². The van der Waals surface area contributed by atoms with Gasteiger partial charge in [0, 0.05) is 40.2 Å². The van der Waals surface area contributed by atoms with E-state index in [4.69, 9.17) is 27.6 Å². The second-order valence-electron chi connectivity index (χ2n) is 7.26. The highest BCUT2D eigenvalue weighted by Gasteiger charge is 2.36.